The van der Waals surface area contributed by atoms with Crippen molar-refractivity contribution < 1.29 is 4.79 Å². The van der Waals surface area contributed by atoms with Crippen LogP contribution < -0.4 is 0 Å². The minimum absolute atomic E-state index is 0.363. The molecule has 0 aromatic heterocycles. The Bertz CT molecular complexity index is 259. The molecule has 0 aromatic rings. The Morgan fingerprint density at radius 2 is 1.72 bits per heavy atom. The summed E-state index contributed by atoms with van der Waals surface area (Å²) >= 11 is 3.41. The van der Waals surface area contributed by atoms with Crippen LogP contribution in [0.15, 0.2) is 0 Å². The van der Waals surface area contributed by atoms with E-state index in [4.69, 9.17) is 0 Å². The number of carbonyl (C=O) groups excluding carboxylic acids is 1. The molecular formula is C14H25BrN2O. The lowest BCUT2D eigenvalue weighted by atomic mass is 10.1. The molecule has 2 fully saturated rings. The largest absolute Gasteiger partial charge is 0.340 e. The van der Waals surface area contributed by atoms with Crippen molar-refractivity contribution in [1.29, 1.82) is 0 Å². The third-order valence-electron chi connectivity index (χ3n) is 4.28. The summed E-state index contributed by atoms with van der Waals surface area (Å²) in [6.45, 7) is 4.08. The lowest BCUT2D eigenvalue weighted by molar-refractivity contribution is -0.133. The maximum Gasteiger partial charge on any atom is 0.222 e. The number of hydrogen-bond donors (Lipinski definition) is 0. The van der Waals surface area contributed by atoms with Crippen LogP contribution in [0.4, 0.5) is 0 Å². The molecule has 18 heavy (non-hydrogen) atoms. The molecule has 0 bridgehead atoms. The number of rotatable bonds is 5. The van der Waals surface area contributed by atoms with Crippen molar-refractivity contribution in [2.45, 2.75) is 51.0 Å². The van der Waals surface area contributed by atoms with Gasteiger partial charge in [-0.05, 0) is 25.7 Å². The fourth-order valence-corrected chi connectivity index (χ4v) is 3.53. The molecule has 1 aliphatic heterocycles. The number of carbonyl (C=O) groups is 1. The molecule has 1 saturated carbocycles. The van der Waals surface area contributed by atoms with Crippen molar-refractivity contribution in [3.8, 4) is 0 Å². The van der Waals surface area contributed by atoms with Crippen molar-refractivity contribution >= 4 is 21.8 Å². The quantitative estimate of drug-likeness (QED) is 0.575. The van der Waals surface area contributed by atoms with Gasteiger partial charge in [0, 0.05) is 44.0 Å². The first kappa shape index (κ1) is 14.3. The van der Waals surface area contributed by atoms with E-state index in [1.807, 2.05) is 0 Å². The van der Waals surface area contributed by atoms with Crippen molar-refractivity contribution in [2.75, 3.05) is 31.5 Å². The summed E-state index contributed by atoms with van der Waals surface area (Å²) in [5.41, 5.74) is 0. The highest BCUT2D eigenvalue weighted by Crippen LogP contribution is 2.24. The van der Waals surface area contributed by atoms with E-state index < -0.39 is 0 Å². The van der Waals surface area contributed by atoms with Gasteiger partial charge < -0.3 is 4.90 Å². The van der Waals surface area contributed by atoms with Crippen LogP contribution in [-0.2, 0) is 4.79 Å². The Labute approximate surface area is 119 Å². The Balaban J connectivity index is 1.67. The van der Waals surface area contributed by atoms with Crippen molar-refractivity contribution in [3.05, 3.63) is 0 Å². The van der Waals surface area contributed by atoms with Gasteiger partial charge in [-0.15, -0.1) is 0 Å². The zero-order valence-electron chi connectivity index (χ0n) is 11.2. The topological polar surface area (TPSA) is 23.6 Å². The number of hydrogen-bond acceptors (Lipinski definition) is 2. The molecule has 0 atom stereocenters. The minimum atomic E-state index is 0.363. The smallest absolute Gasteiger partial charge is 0.222 e. The van der Waals surface area contributed by atoms with E-state index in [9.17, 15) is 4.79 Å². The predicted molar refractivity (Wildman–Crippen MR) is 78.1 cm³/mol. The summed E-state index contributed by atoms with van der Waals surface area (Å²) in [6.07, 6.45) is 8.40. The normalized spacial score (nSPS) is 22.6. The maximum absolute atomic E-state index is 12.0. The van der Waals surface area contributed by atoms with Crippen molar-refractivity contribution in [1.82, 2.24) is 9.80 Å². The summed E-state index contributed by atoms with van der Waals surface area (Å²) in [5.74, 6) is 0.363. The summed E-state index contributed by atoms with van der Waals surface area (Å²) in [7, 11) is 0. The molecule has 2 aliphatic rings. The van der Waals surface area contributed by atoms with Crippen LogP contribution in [0.2, 0.25) is 0 Å². The highest BCUT2D eigenvalue weighted by atomic mass is 79.9. The van der Waals surface area contributed by atoms with Gasteiger partial charge in [-0.25, -0.2) is 0 Å². The molecule has 3 nitrogen and oxygen atoms in total. The fourth-order valence-electron chi connectivity index (χ4n) is 3.13. The highest BCUT2D eigenvalue weighted by molar-refractivity contribution is 9.09. The minimum Gasteiger partial charge on any atom is -0.340 e. The molecular weight excluding hydrogens is 292 g/mol. The second-order valence-electron chi connectivity index (χ2n) is 5.50. The second-order valence-corrected chi connectivity index (χ2v) is 6.29. The lowest BCUT2D eigenvalue weighted by Gasteiger charge is -2.38. The third kappa shape index (κ3) is 3.95. The van der Waals surface area contributed by atoms with Crippen LogP contribution in [0.1, 0.15) is 44.9 Å². The number of unbranched alkanes of at least 4 members (excludes halogenated alkanes) is 1. The molecule has 1 saturated heterocycles. The fraction of sp³-hybridized carbons (Fsp3) is 0.929. The summed E-state index contributed by atoms with van der Waals surface area (Å²) in [4.78, 5) is 16.7. The van der Waals surface area contributed by atoms with Crippen molar-refractivity contribution in [2.24, 2.45) is 0 Å². The molecule has 1 heterocycles. The number of piperazine rings is 1. The number of alkyl halides is 1. The van der Waals surface area contributed by atoms with E-state index >= 15 is 0 Å². The van der Waals surface area contributed by atoms with E-state index in [0.717, 1.165) is 56.8 Å². The van der Waals surface area contributed by atoms with E-state index in [2.05, 4.69) is 25.7 Å². The van der Waals surface area contributed by atoms with Gasteiger partial charge in [-0.3, -0.25) is 9.69 Å². The first-order valence-corrected chi connectivity index (χ1v) is 8.51. The average Bonchev–Trinajstić information content (AvgIpc) is 2.93. The SMILES string of the molecule is O=C(CCCCBr)N1CCN(C2CCCC2)CC1. The van der Waals surface area contributed by atoms with E-state index in [0.29, 0.717) is 5.91 Å². The van der Waals surface area contributed by atoms with E-state index in [1.54, 1.807) is 0 Å². The number of amides is 1. The Hall–Kier alpha value is -0.0900. The molecule has 0 spiro atoms. The molecule has 4 heteroatoms. The van der Waals surface area contributed by atoms with Crippen LogP contribution in [0.5, 0.6) is 0 Å². The van der Waals surface area contributed by atoms with Crippen LogP contribution in [0, 0.1) is 0 Å². The zero-order valence-corrected chi connectivity index (χ0v) is 12.8. The average molecular weight is 317 g/mol. The molecule has 0 radical (unpaired) electrons. The third-order valence-corrected chi connectivity index (χ3v) is 4.84. The predicted octanol–water partition coefficient (Wildman–Crippen LogP) is 2.64. The van der Waals surface area contributed by atoms with Gasteiger partial charge in [0.1, 0.15) is 0 Å². The van der Waals surface area contributed by atoms with E-state index in [-0.39, 0.29) is 0 Å². The molecule has 2 rings (SSSR count). The lowest BCUT2D eigenvalue weighted by Crippen LogP contribution is -2.51. The zero-order chi connectivity index (χ0) is 12.8. The highest BCUT2D eigenvalue weighted by Gasteiger charge is 2.27. The molecule has 104 valence electrons. The molecule has 0 aromatic carbocycles. The molecule has 1 amide bonds. The Morgan fingerprint density at radius 1 is 1.06 bits per heavy atom. The number of halogens is 1. The van der Waals surface area contributed by atoms with Gasteiger partial charge in [0.15, 0.2) is 0 Å². The standard InChI is InChI=1S/C14H25BrN2O/c15-8-4-3-7-14(18)17-11-9-16(10-12-17)13-5-1-2-6-13/h13H,1-12H2. The second kappa shape index (κ2) is 7.49. The summed E-state index contributed by atoms with van der Waals surface area (Å²) in [5, 5.41) is 1.01. The van der Waals surface area contributed by atoms with Gasteiger partial charge in [-0.2, -0.15) is 0 Å². The van der Waals surface area contributed by atoms with Gasteiger partial charge in [0.2, 0.25) is 5.91 Å². The van der Waals surface area contributed by atoms with Gasteiger partial charge in [0.05, 0.1) is 0 Å². The van der Waals surface area contributed by atoms with Crippen LogP contribution >= 0.6 is 15.9 Å². The Morgan fingerprint density at radius 3 is 2.33 bits per heavy atom. The molecule has 0 N–H and O–H groups in total. The number of nitrogens with zero attached hydrogens (tertiary/aromatic N) is 2. The van der Waals surface area contributed by atoms with Gasteiger partial charge >= 0.3 is 0 Å². The molecule has 0 unspecified atom stereocenters. The van der Waals surface area contributed by atoms with Gasteiger partial charge in [0.25, 0.3) is 0 Å². The molecule has 1 aliphatic carbocycles. The van der Waals surface area contributed by atoms with Crippen LogP contribution in [0.25, 0.3) is 0 Å². The van der Waals surface area contributed by atoms with Crippen LogP contribution in [0.3, 0.4) is 0 Å². The van der Waals surface area contributed by atoms with Crippen molar-refractivity contribution in [3.63, 3.8) is 0 Å². The first-order valence-electron chi connectivity index (χ1n) is 7.39. The summed E-state index contributed by atoms with van der Waals surface area (Å²) in [6, 6.07) is 0.815. The first-order chi connectivity index (χ1) is 8.81. The van der Waals surface area contributed by atoms with E-state index in [1.165, 1.54) is 25.7 Å². The van der Waals surface area contributed by atoms with Gasteiger partial charge in [-0.1, -0.05) is 28.8 Å². The maximum atomic E-state index is 12.0. The summed E-state index contributed by atoms with van der Waals surface area (Å²) < 4.78 is 0. The Kier molecular flexibility index (Phi) is 5.96. The monoisotopic (exact) mass is 316 g/mol. The van der Waals surface area contributed by atoms with Crippen LogP contribution in [-0.4, -0.2) is 53.3 Å².